The van der Waals surface area contributed by atoms with E-state index >= 15 is 0 Å². The SMILES string of the molecule is O=C(O)C=CC(=O)O.[O-][n+]1cccc(C(Cl)=NOCC(O)CN2CCCCC2)c1. The van der Waals surface area contributed by atoms with E-state index in [0.29, 0.717) is 29.0 Å². The number of carbonyl (C=O) groups is 2. The average Bonchev–Trinajstić information content (AvgIpc) is 2.67. The Kier molecular flexibility index (Phi) is 11.3. The van der Waals surface area contributed by atoms with Gasteiger partial charge in [-0.1, -0.05) is 23.2 Å². The number of hydrogen-bond acceptors (Lipinski definition) is 7. The fraction of sp³-hybridized carbons (Fsp3) is 0.444. The second-order valence-corrected chi connectivity index (χ2v) is 6.51. The molecule has 2 heterocycles. The minimum Gasteiger partial charge on any atom is -0.619 e. The average molecular weight is 430 g/mol. The van der Waals surface area contributed by atoms with Crippen molar-refractivity contribution in [3.05, 3.63) is 47.4 Å². The highest BCUT2D eigenvalue weighted by molar-refractivity contribution is 6.69. The number of pyridine rings is 1. The molecule has 1 fully saturated rings. The van der Waals surface area contributed by atoms with Crippen molar-refractivity contribution in [3.8, 4) is 0 Å². The summed E-state index contributed by atoms with van der Waals surface area (Å²) in [7, 11) is 0. The largest absolute Gasteiger partial charge is 0.619 e. The van der Waals surface area contributed by atoms with Crippen LogP contribution in [0.15, 0.2) is 41.8 Å². The Morgan fingerprint density at radius 2 is 1.90 bits per heavy atom. The summed E-state index contributed by atoms with van der Waals surface area (Å²) in [6.07, 6.45) is 6.80. The third-order valence-electron chi connectivity index (χ3n) is 3.71. The molecule has 29 heavy (non-hydrogen) atoms. The molecule has 0 aromatic carbocycles. The van der Waals surface area contributed by atoms with Crippen molar-refractivity contribution in [3.63, 3.8) is 0 Å². The highest BCUT2D eigenvalue weighted by Crippen LogP contribution is 2.09. The lowest BCUT2D eigenvalue weighted by atomic mass is 10.1. The highest BCUT2D eigenvalue weighted by Gasteiger charge is 2.15. The van der Waals surface area contributed by atoms with Gasteiger partial charge in [0.2, 0.25) is 0 Å². The van der Waals surface area contributed by atoms with Crippen LogP contribution in [0.25, 0.3) is 0 Å². The molecule has 0 spiro atoms. The van der Waals surface area contributed by atoms with Crippen LogP contribution in [-0.2, 0) is 14.4 Å². The zero-order valence-electron chi connectivity index (χ0n) is 15.7. The molecule has 1 unspecified atom stereocenters. The number of hydrogen-bond donors (Lipinski definition) is 3. The van der Waals surface area contributed by atoms with Gasteiger partial charge in [0, 0.05) is 24.8 Å². The molecule has 0 aliphatic carbocycles. The quantitative estimate of drug-likeness (QED) is 0.181. The standard InChI is InChI=1S/C14H20ClN3O3.C4H4O4/c15-14(12-5-4-8-18(20)9-12)16-21-11-13(19)10-17-6-2-1-3-7-17;5-3(6)1-2-4(7)8/h4-5,8-9,13,19H,1-3,6-7,10-11H2;1-2H,(H,5,6)(H,7,8). The Labute approximate surface area is 172 Å². The normalized spacial score (nSPS) is 16.0. The monoisotopic (exact) mass is 429 g/mol. The van der Waals surface area contributed by atoms with Crippen LogP contribution in [0.4, 0.5) is 0 Å². The Morgan fingerprint density at radius 3 is 2.45 bits per heavy atom. The fourth-order valence-electron chi connectivity index (χ4n) is 2.44. The number of rotatable bonds is 8. The first-order valence-electron chi connectivity index (χ1n) is 8.87. The molecular formula is C18H24ClN3O7. The molecule has 0 amide bonds. The first-order valence-corrected chi connectivity index (χ1v) is 9.24. The zero-order chi connectivity index (χ0) is 21.6. The van der Waals surface area contributed by atoms with E-state index in [1.165, 1.54) is 31.7 Å². The number of aromatic nitrogens is 1. The molecule has 1 aliphatic rings. The van der Waals surface area contributed by atoms with E-state index in [9.17, 15) is 19.9 Å². The van der Waals surface area contributed by atoms with Gasteiger partial charge in [0.25, 0.3) is 0 Å². The molecule has 1 aliphatic heterocycles. The Bertz CT molecular complexity index is 705. The summed E-state index contributed by atoms with van der Waals surface area (Å²) in [5.41, 5.74) is 0.472. The predicted molar refractivity (Wildman–Crippen MR) is 104 cm³/mol. The number of oxime groups is 1. The molecule has 160 valence electrons. The number of carboxylic acids is 2. The third kappa shape index (κ3) is 11.7. The molecular weight excluding hydrogens is 406 g/mol. The van der Waals surface area contributed by atoms with Crippen molar-refractivity contribution in [2.75, 3.05) is 26.2 Å². The summed E-state index contributed by atoms with van der Waals surface area (Å²) >= 11 is 5.93. The molecule has 3 N–H and O–H groups in total. The molecule has 2 rings (SSSR count). The van der Waals surface area contributed by atoms with Gasteiger partial charge >= 0.3 is 11.9 Å². The summed E-state index contributed by atoms with van der Waals surface area (Å²) in [6.45, 7) is 2.71. The summed E-state index contributed by atoms with van der Waals surface area (Å²) in [5.74, 6) is -2.51. The van der Waals surface area contributed by atoms with Crippen LogP contribution in [0.2, 0.25) is 0 Å². The zero-order valence-corrected chi connectivity index (χ0v) is 16.4. The Morgan fingerprint density at radius 1 is 1.28 bits per heavy atom. The van der Waals surface area contributed by atoms with Crippen molar-refractivity contribution >= 4 is 28.7 Å². The minimum absolute atomic E-state index is 0.0803. The van der Waals surface area contributed by atoms with Gasteiger partial charge in [-0.3, -0.25) is 0 Å². The Hall–Kier alpha value is -2.69. The maximum absolute atomic E-state index is 11.1. The van der Waals surface area contributed by atoms with Gasteiger partial charge in [-0.05, 0) is 32.0 Å². The van der Waals surface area contributed by atoms with Gasteiger partial charge in [0.1, 0.15) is 12.7 Å². The second kappa shape index (κ2) is 13.5. The van der Waals surface area contributed by atoms with E-state index in [-0.39, 0.29) is 11.8 Å². The first-order chi connectivity index (χ1) is 13.8. The van der Waals surface area contributed by atoms with E-state index < -0.39 is 18.0 Å². The first kappa shape index (κ1) is 24.3. The summed E-state index contributed by atoms with van der Waals surface area (Å²) in [5, 5.41) is 40.4. The highest BCUT2D eigenvalue weighted by atomic mass is 35.5. The van der Waals surface area contributed by atoms with Crippen molar-refractivity contribution in [2.45, 2.75) is 25.4 Å². The molecule has 0 bridgehead atoms. The lowest BCUT2D eigenvalue weighted by Gasteiger charge is -2.27. The van der Waals surface area contributed by atoms with Crippen LogP contribution < -0.4 is 4.73 Å². The molecule has 1 aromatic rings. The van der Waals surface area contributed by atoms with E-state index in [0.717, 1.165) is 13.1 Å². The van der Waals surface area contributed by atoms with Crippen LogP contribution >= 0.6 is 11.6 Å². The van der Waals surface area contributed by atoms with Crippen LogP contribution in [0.5, 0.6) is 0 Å². The van der Waals surface area contributed by atoms with Gasteiger partial charge in [-0.2, -0.15) is 4.73 Å². The van der Waals surface area contributed by atoms with E-state index in [1.54, 1.807) is 12.1 Å². The maximum atomic E-state index is 11.1. The predicted octanol–water partition coefficient (Wildman–Crippen LogP) is 0.796. The number of β-amino-alcohol motifs (C(OH)–C–C–N with tert-alkyl or cyclic N) is 1. The number of nitrogens with zero attached hydrogens (tertiary/aromatic N) is 3. The smallest absolute Gasteiger partial charge is 0.328 e. The molecule has 10 nitrogen and oxygen atoms in total. The van der Waals surface area contributed by atoms with Crippen molar-refractivity contribution in [2.24, 2.45) is 5.16 Å². The van der Waals surface area contributed by atoms with Crippen molar-refractivity contribution < 1.29 is 34.5 Å². The molecule has 0 saturated carbocycles. The van der Waals surface area contributed by atoms with Crippen molar-refractivity contribution in [1.29, 1.82) is 0 Å². The lowest BCUT2D eigenvalue weighted by molar-refractivity contribution is -0.605. The summed E-state index contributed by atoms with van der Waals surface area (Å²) < 4.78 is 0.637. The second-order valence-electron chi connectivity index (χ2n) is 6.16. The van der Waals surface area contributed by atoms with E-state index in [4.69, 9.17) is 26.7 Å². The molecule has 1 atom stereocenters. The van der Waals surface area contributed by atoms with Gasteiger partial charge < -0.3 is 30.3 Å². The van der Waals surface area contributed by atoms with Crippen LogP contribution in [0, 0.1) is 5.21 Å². The third-order valence-corrected chi connectivity index (χ3v) is 4.00. The lowest BCUT2D eigenvalue weighted by Crippen LogP contribution is -2.38. The minimum atomic E-state index is -1.26. The molecule has 0 radical (unpaired) electrons. The van der Waals surface area contributed by atoms with Gasteiger partial charge in [0.05, 0.1) is 5.56 Å². The van der Waals surface area contributed by atoms with Crippen molar-refractivity contribution in [1.82, 2.24) is 4.90 Å². The van der Waals surface area contributed by atoms with Crippen LogP contribution in [0.1, 0.15) is 24.8 Å². The topological polar surface area (TPSA) is 147 Å². The molecule has 1 aromatic heterocycles. The maximum Gasteiger partial charge on any atom is 0.328 e. The van der Waals surface area contributed by atoms with Gasteiger partial charge in [-0.15, -0.1) is 0 Å². The number of aliphatic hydroxyl groups is 1. The number of carboxylic acid groups (broad SMARTS) is 2. The van der Waals surface area contributed by atoms with Crippen LogP contribution in [0.3, 0.4) is 0 Å². The van der Waals surface area contributed by atoms with E-state index in [2.05, 4.69) is 10.1 Å². The van der Waals surface area contributed by atoms with Gasteiger partial charge in [-0.25, -0.2) is 9.59 Å². The summed E-state index contributed by atoms with van der Waals surface area (Å²) in [4.78, 5) is 26.4. The van der Waals surface area contributed by atoms with Crippen LogP contribution in [-0.4, -0.2) is 69.7 Å². The number of aliphatic hydroxyl groups excluding tert-OH is 1. The summed E-state index contributed by atoms with van der Waals surface area (Å²) in [6, 6.07) is 3.24. The number of likely N-dealkylation sites (tertiary alicyclic amines) is 1. The van der Waals surface area contributed by atoms with Gasteiger partial charge in [0.15, 0.2) is 17.6 Å². The Balaban J connectivity index is 0.000000447. The van der Waals surface area contributed by atoms with E-state index in [1.807, 2.05) is 0 Å². The molecule has 11 heteroatoms. The fourth-order valence-corrected chi connectivity index (χ4v) is 2.61. The molecule has 1 saturated heterocycles. The number of halogens is 1. The number of aliphatic carboxylic acids is 2. The number of piperidine rings is 1.